The Bertz CT molecular complexity index is 3370. The maximum atomic E-state index is 13.0. The van der Waals surface area contributed by atoms with Crippen LogP contribution < -0.4 is 15.4 Å². The molecule has 0 spiro atoms. The van der Waals surface area contributed by atoms with E-state index in [2.05, 4.69) is 10.6 Å². The lowest BCUT2D eigenvalue weighted by Gasteiger charge is -2.21. The smallest absolute Gasteiger partial charge is 0.454 e. The fourth-order valence-electron chi connectivity index (χ4n) is 7.20. The molecule has 6 aromatic rings. The second kappa shape index (κ2) is 25.9. The molecule has 5 N–H and O–H groups in total. The van der Waals surface area contributed by atoms with Gasteiger partial charge in [0.25, 0.3) is 11.6 Å². The van der Waals surface area contributed by atoms with E-state index in [1.54, 1.807) is 40.7 Å². The molecule has 454 valence electrons. The number of benzene rings is 4. The van der Waals surface area contributed by atoms with Crippen LogP contribution in [-0.4, -0.2) is 80.9 Å². The van der Waals surface area contributed by atoms with Crippen molar-refractivity contribution in [2.45, 2.75) is 125 Å². The van der Waals surface area contributed by atoms with E-state index in [0.29, 0.717) is 16.7 Å². The van der Waals surface area contributed by atoms with Crippen molar-refractivity contribution in [2.24, 2.45) is 0 Å². The maximum absolute atomic E-state index is 13.0. The molecule has 2 heterocycles. The van der Waals surface area contributed by atoms with E-state index in [0.717, 1.165) is 36.4 Å². The molecule has 0 aliphatic rings. The summed E-state index contributed by atoms with van der Waals surface area (Å²) in [6.07, 6.45) is -27.4. The lowest BCUT2D eigenvalue weighted by molar-refractivity contribution is -0.142. The Labute approximate surface area is 463 Å². The zero-order valence-electron chi connectivity index (χ0n) is 46.0. The highest BCUT2D eigenvalue weighted by Crippen LogP contribution is 2.42. The molecular formula is C55H55F15N4O9. The van der Waals surface area contributed by atoms with Crippen LogP contribution in [0.15, 0.2) is 78.6 Å². The van der Waals surface area contributed by atoms with Crippen LogP contribution in [0.1, 0.15) is 115 Å². The quantitative estimate of drug-likeness (QED) is 0.0427. The summed E-state index contributed by atoms with van der Waals surface area (Å²) >= 11 is 0. The van der Waals surface area contributed by atoms with Crippen LogP contribution >= 0.6 is 0 Å². The van der Waals surface area contributed by atoms with E-state index >= 15 is 0 Å². The van der Waals surface area contributed by atoms with Gasteiger partial charge in [-0.25, -0.2) is 9.59 Å². The van der Waals surface area contributed by atoms with Gasteiger partial charge in [-0.3, -0.25) is 25.0 Å². The molecule has 0 saturated carbocycles. The van der Waals surface area contributed by atoms with Gasteiger partial charge in [-0.05, 0) is 131 Å². The molecule has 6 rings (SSSR count). The molecule has 0 atom stereocenters. The third-order valence-corrected chi connectivity index (χ3v) is 10.5. The lowest BCUT2D eigenvalue weighted by atomic mass is 9.97. The van der Waals surface area contributed by atoms with E-state index in [1.807, 2.05) is 61.9 Å². The maximum Gasteiger partial charge on any atom is 0.454 e. The number of aromatic amines is 2. The molecule has 0 aliphatic carbocycles. The first-order valence-electron chi connectivity index (χ1n) is 24.0. The number of aliphatic hydroxyl groups excluding tert-OH is 1. The summed E-state index contributed by atoms with van der Waals surface area (Å²) in [5.74, 6) is -7.84. The lowest BCUT2D eigenvalue weighted by Crippen LogP contribution is -2.27. The molecule has 2 aromatic heterocycles. The van der Waals surface area contributed by atoms with Crippen molar-refractivity contribution in [1.29, 1.82) is 0 Å². The van der Waals surface area contributed by atoms with E-state index in [4.69, 9.17) is 14.2 Å². The van der Waals surface area contributed by atoms with Crippen LogP contribution in [0.25, 0.3) is 27.4 Å². The highest BCUT2D eigenvalue weighted by molar-refractivity contribution is 6.22. The highest BCUT2D eigenvalue weighted by atomic mass is 19.4. The Kier molecular flexibility index (Phi) is 21.6. The first-order valence-corrected chi connectivity index (χ1v) is 24.0. The summed E-state index contributed by atoms with van der Waals surface area (Å²) in [5, 5.41) is 13.6. The molecule has 0 unspecified atom stereocenters. The van der Waals surface area contributed by atoms with Crippen molar-refractivity contribution in [1.82, 2.24) is 9.97 Å². The van der Waals surface area contributed by atoms with Crippen molar-refractivity contribution < 1.29 is 109 Å². The molecule has 0 bridgehead atoms. The van der Waals surface area contributed by atoms with E-state index in [-0.39, 0.29) is 40.0 Å². The van der Waals surface area contributed by atoms with Crippen molar-refractivity contribution in [3.8, 4) is 5.75 Å². The summed E-state index contributed by atoms with van der Waals surface area (Å²) in [5.41, 5.74) is -5.95. The molecule has 4 aromatic carbocycles. The second-order valence-corrected chi connectivity index (χ2v) is 20.0. The number of amides is 2. The van der Waals surface area contributed by atoms with Gasteiger partial charge in [0.1, 0.15) is 28.3 Å². The number of aromatic nitrogens is 2. The van der Waals surface area contributed by atoms with Crippen LogP contribution in [0, 0.1) is 27.7 Å². The number of allylic oxidation sites excluding steroid dienone is 2. The van der Waals surface area contributed by atoms with Gasteiger partial charge in [0.15, 0.2) is 5.78 Å². The topological polar surface area (TPSA) is 189 Å². The Morgan fingerprint density at radius 1 is 0.530 bits per heavy atom. The van der Waals surface area contributed by atoms with Crippen LogP contribution in [0.5, 0.6) is 5.75 Å². The Morgan fingerprint density at radius 2 is 0.952 bits per heavy atom. The number of alkyl halides is 15. The van der Waals surface area contributed by atoms with Crippen LogP contribution in [0.3, 0.4) is 0 Å². The average molecular weight is 1200 g/mol. The van der Waals surface area contributed by atoms with Crippen molar-refractivity contribution in [2.75, 3.05) is 17.2 Å². The monoisotopic (exact) mass is 1200 g/mol. The largest absolute Gasteiger partial charge is 0.504 e. The number of fused-ring (bicyclic) bond motifs is 2. The van der Waals surface area contributed by atoms with Crippen LogP contribution in [0.2, 0.25) is 0 Å². The SMILES string of the molecule is CC(=O)/C(=C(\O)C(F)(F)F)c1cc(C)ccc1NC(=O)OC(C)(C)C.CCOc1cc2[nH]c(C(F)(F)F)c(C(=O)C(F)(F)F)c2cc1C.Cc1ccc(NC(=O)OC(C)(C)C)cc1.Cc1ccc2[nH]c(C(F)(F)F)c(C(=O)C(F)(F)F)c2c1. The number of anilines is 2. The molecular weight excluding hydrogens is 1150 g/mol. The van der Waals surface area contributed by atoms with E-state index in [9.17, 15) is 94.9 Å². The summed E-state index contributed by atoms with van der Waals surface area (Å²) in [6, 6.07) is 17.7. The number of ketones is 3. The molecule has 0 radical (unpaired) electrons. The molecule has 0 aliphatic heterocycles. The number of hydrogen-bond acceptors (Lipinski definition) is 9. The van der Waals surface area contributed by atoms with Gasteiger partial charge in [-0.2, -0.15) is 65.9 Å². The second-order valence-electron chi connectivity index (χ2n) is 20.0. The molecule has 13 nitrogen and oxygen atoms in total. The third-order valence-electron chi connectivity index (χ3n) is 10.5. The van der Waals surface area contributed by atoms with Gasteiger partial charge in [0.2, 0.25) is 5.76 Å². The van der Waals surface area contributed by atoms with Gasteiger partial charge < -0.3 is 29.3 Å². The normalized spacial score (nSPS) is 12.6. The van der Waals surface area contributed by atoms with Crippen molar-refractivity contribution in [3.63, 3.8) is 0 Å². The van der Waals surface area contributed by atoms with Crippen LogP contribution in [0.4, 0.5) is 86.8 Å². The molecule has 2 amide bonds. The number of carbonyl (C=O) groups excluding carboxylic acids is 5. The zero-order valence-corrected chi connectivity index (χ0v) is 46.0. The number of rotatable bonds is 8. The predicted octanol–water partition coefficient (Wildman–Crippen LogP) is 17.0. The summed E-state index contributed by atoms with van der Waals surface area (Å²) in [7, 11) is 0. The number of aryl methyl sites for hydroxylation is 4. The number of hydrogen-bond donors (Lipinski definition) is 5. The van der Waals surface area contributed by atoms with Gasteiger partial charge in [0, 0.05) is 33.6 Å². The average Bonchev–Trinajstić information content (AvgIpc) is 3.33. The first-order chi connectivity index (χ1) is 37.6. The highest BCUT2D eigenvalue weighted by Gasteiger charge is 2.49. The van der Waals surface area contributed by atoms with Crippen LogP contribution in [-0.2, 0) is 26.6 Å². The Balaban J connectivity index is 0.000000294. The number of H-pyrrole nitrogens is 2. The summed E-state index contributed by atoms with van der Waals surface area (Å²) in [4.78, 5) is 61.5. The fourth-order valence-corrected chi connectivity index (χ4v) is 7.20. The number of nitrogens with one attached hydrogen (secondary N) is 4. The van der Waals surface area contributed by atoms with Crippen molar-refractivity contribution in [3.05, 3.63) is 129 Å². The summed E-state index contributed by atoms with van der Waals surface area (Å²) < 4.78 is 207. The minimum absolute atomic E-state index is 0.0825. The Morgan fingerprint density at radius 3 is 1.37 bits per heavy atom. The Hall–Kier alpha value is -8.20. The minimum atomic E-state index is -5.42. The van der Waals surface area contributed by atoms with E-state index in [1.165, 1.54) is 38.1 Å². The fraction of sp³-hybridized carbons (Fsp3) is 0.364. The van der Waals surface area contributed by atoms with E-state index < -0.39 is 111 Å². The number of Topliss-reactive ketones (excluding diaryl/α,β-unsaturated/α-hetero) is 3. The molecule has 0 saturated heterocycles. The number of carbonyl (C=O) groups is 5. The molecule has 0 fully saturated rings. The summed E-state index contributed by atoms with van der Waals surface area (Å²) in [6.45, 7) is 19.7. The van der Waals surface area contributed by atoms with Gasteiger partial charge >= 0.3 is 43.1 Å². The zero-order chi connectivity index (χ0) is 63.9. The van der Waals surface area contributed by atoms with Gasteiger partial charge in [0.05, 0.1) is 34.5 Å². The third kappa shape index (κ3) is 19.7. The predicted molar refractivity (Wildman–Crippen MR) is 276 cm³/mol. The van der Waals surface area contributed by atoms with Crippen molar-refractivity contribution >= 4 is 68.3 Å². The van der Waals surface area contributed by atoms with Gasteiger partial charge in [-0.15, -0.1) is 0 Å². The molecule has 83 heavy (non-hydrogen) atoms. The number of aliphatic hydroxyl groups is 1. The number of ether oxygens (including phenoxy) is 3. The first kappa shape index (κ1) is 69.1. The van der Waals surface area contributed by atoms with Gasteiger partial charge in [-0.1, -0.05) is 41.0 Å². The number of halogens is 15. The standard InChI is InChI=1S/C17H20F3NO4.C14H11F6NO2.C12H7F6NO.C12H17NO2/c1-9-6-7-12(21-15(24)25-16(3,4)5)11(8-9)13(10(2)22)14(23)17(18,19)20;1-3-23-9-5-8-7(4-6(9)2)10(12(22)14(18,19)20)11(21-8)13(15,16)17;1-5-2-3-7-6(4-5)8(10(20)12(16,17)18)9(19-7)11(13,14)15;1-9-5-7-10(8-6-9)13-11(14)15-12(2,3)4/h6-8,23H,1-5H3,(H,21,24);4-5,21H,3H2,1-2H3;2-4,19H,1H3;5-8H,1-4H3,(H,13,14)/b14-13+;;;. The molecule has 28 heteroatoms. The minimum Gasteiger partial charge on any atom is -0.504 e.